The van der Waals surface area contributed by atoms with E-state index in [9.17, 15) is 4.79 Å². The first-order chi connectivity index (χ1) is 8.68. The molecule has 0 aromatic carbocycles. The number of thiophene rings is 1. The molecule has 1 aromatic rings. The van der Waals surface area contributed by atoms with Gasteiger partial charge in [-0.1, -0.05) is 13.0 Å². The van der Waals surface area contributed by atoms with Crippen molar-refractivity contribution in [3.8, 4) is 0 Å². The third-order valence-corrected chi connectivity index (χ3v) is 5.09. The van der Waals surface area contributed by atoms with E-state index in [2.05, 4.69) is 35.9 Å². The maximum absolute atomic E-state index is 12.5. The van der Waals surface area contributed by atoms with E-state index >= 15 is 0 Å². The fourth-order valence-electron chi connectivity index (χ4n) is 2.61. The van der Waals surface area contributed by atoms with Gasteiger partial charge in [-0.05, 0) is 50.7 Å². The van der Waals surface area contributed by atoms with Gasteiger partial charge in [0.25, 0.3) is 0 Å². The smallest absolute Gasteiger partial charge is 0.226 e. The van der Waals surface area contributed by atoms with Crippen molar-refractivity contribution in [2.75, 3.05) is 13.1 Å². The molecular formula is C14H22N2OS. The van der Waals surface area contributed by atoms with Crippen LogP contribution in [-0.4, -0.2) is 19.0 Å². The quantitative estimate of drug-likeness (QED) is 0.880. The summed E-state index contributed by atoms with van der Waals surface area (Å²) in [7, 11) is 0. The summed E-state index contributed by atoms with van der Waals surface area (Å²) in [6, 6.07) is 4.23. The van der Waals surface area contributed by atoms with Gasteiger partial charge in [0.15, 0.2) is 0 Å². The normalized spacial score (nSPS) is 20.3. The number of amides is 1. The van der Waals surface area contributed by atoms with Crippen molar-refractivity contribution in [2.24, 2.45) is 5.41 Å². The van der Waals surface area contributed by atoms with Crippen LogP contribution in [0, 0.1) is 5.41 Å². The van der Waals surface area contributed by atoms with E-state index in [-0.39, 0.29) is 17.4 Å². The molecule has 1 saturated heterocycles. The summed E-state index contributed by atoms with van der Waals surface area (Å²) >= 11 is 1.70. The Morgan fingerprint density at radius 2 is 2.28 bits per heavy atom. The Balaban J connectivity index is 2.01. The van der Waals surface area contributed by atoms with Crippen molar-refractivity contribution < 1.29 is 4.79 Å². The van der Waals surface area contributed by atoms with Crippen LogP contribution in [0.4, 0.5) is 0 Å². The first-order valence-corrected chi connectivity index (χ1v) is 7.61. The van der Waals surface area contributed by atoms with Gasteiger partial charge in [0, 0.05) is 4.88 Å². The number of carbonyl (C=O) groups excluding carboxylic acids is 1. The Kier molecular flexibility index (Phi) is 4.40. The van der Waals surface area contributed by atoms with Crippen LogP contribution in [-0.2, 0) is 4.79 Å². The third kappa shape index (κ3) is 2.75. The highest BCUT2D eigenvalue weighted by Crippen LogP contribution is 2.33. The minimum absolute atomic E-state index is 0.121. The van der Waals surface area contributed by atoms with Crippen molar-refractivity contribution >= 4 is 17.2 Å². The monoisotopic (exact) mass is 266 g/mol. The molecule has 0 radical (unpaired) electrons. The summed E-state index contributed by atoms with van der Waals surface area (Å²) in [6.07, 6.45) is 2.83. The average molecular weight is 266 g/mol. The number of carbonyl (C=O) groups is 1. The van der Waals surface area contributed by atoms with E-state index in [0.29, 0.717) is 0 Å². The Labute approximate surface area is 113 Å². The summed E-state index contributed by atoms with van der Waals surface area (Å²) in [4.78, 5) is 13.7. The molecule has 0 saturated carbocycles. The SMILES string of the molecule is CCC1(C(=O)NC(C)c2cccs2)CCNCC1. The van der Waals surface area contributed by atoms with Crippen molar-refractivity contribution in [1.29, 1.82) is 0 Å². The highest BCUT2D eigenvalue weighted by Gasteiger charge is 2.38. The molecule has 1 amide bonds. The van der Waals surface area contributed by atoms with Crippen molar-refractivity contribution in [3.05, 3.63) is 22.4 Å². The molecule has 18 heavy (non-hydrogen) atoms. The number of piperidine rings is 1. The summed E-state index contributed by atoms with van der Waals surface area (Å²) in [6.45, 7) is 6.10. The molecule has 1 fully saturated rings. The lowest BCUT2D eigenvalue weighted by Gasteiger charge is -2.36. The minimum Gasteiger partial charge on any atom is -0.348 e. The van der Waals surface area contributed by atoms with Crippen LogP contribution in [0.1, 0.15) is 44.0 Å². The predicted molar refractivity (Wildman–Crippen MR) is 75.7 cm³/mol. The van der Waals surface area contributed by atoms with Crippen molar-refractivity contribution in [3.63, 3.8) is 0 Å². The van der Waals surface area contributed by atoms with Crippen LogP contribution >= 0.6 is 11.3 Å². The average Bonchev–Trinajstić information content (AvgIpc) is 2.93. The lowest BCUT2D eigenvalue weighted by molar-refractivity contribution is -0.133. The summed E-state index contributed by atoms with van der Waals surface area (Å²) in [5.74, 6) is 0.229. The molecular weight excluding hydrogens is 244 g/mol. The second-order valence-electron chi connectivity index (χ2n) is 5.09. The van der Waals surface area contributed by atoms with Crippen LogP contribution < -0.4 is 10.6 Å². The zero-order valence-electron chi connectivity index (χ0n) is 11.2. The van der Waals surface area contributed by atoms with Gasteiger partial charge in [0.05, 0.1) is 11.5 Å². The molecule has 1 aromatic heterocycles. The molecule has 3 nitrogen and oxygen atoms in total. The molecule has 0 aliphatic carbocycles. The number of rotatable bonds is 4. The summed E-state index contributed by atoms with van der Waals surface area (Å²) < 4.78 is 0. The number of nitrogens with one attached hydrogen (secondary N) is 2. The van der Waals surface area contributed by atoms with Crippen molar-refractivity contribution in [2.45, 2.75) is 39.2 Å². The second kappa shape index (κ2) is 5.85. The van der Waals surface area contributed by atoms with E-state index < -0.39 is 0 Å². The molecule has 0 bridgehead atoms. The molecule has 1 aliphatic rings. The molecule has 0 spiro atoms. The lowest BCUT2D eigenvalue weighted by Crippen LogP contribution is -2.47. The first-order valence-electron chi connectivity index (χ1n) is 6.73. The highest BCUT2D eigenvalue weighted by molar-refractivity contribution is 7.10. The molecule has 4 heteroatoms. The molecule has 1 atom stereocenters. The Morgan fingerprint density at radius 1 is 1.56 bits per heavy atom. The molecule has 2 rings (SSSR count). The van der Waals surface area contributed by atoms with Gasteiger partial charge in [-0.2, -0.15) is 0 Å². The lowest BCUT2D eigenvalue weighted by atomic mass is 9.75. The molecule has 1 unspecified atom stereocenters. The van der Waals surface area contributed by atoms with E-state index in [1.165, 1.54) is 4.88 Å². The van der Waals surface area contributed by atoms with Gasteiger partial charge >= 0.3 is 0 Å². The Bertz CT molecular complexity index is 383. The molecule has 1 aliphatic heterocycles. The van der Waals surface area contributed by atoms with E-state index in [4.69, 9.17) is 0 Å². The number of hydrogen-bond donors (Lipinski definition) is 2. The van der Waals surface area contributed by atoms with Gasteiger partial charge in [-0.3, -0.25) is 4.79 Å². The van der Waals surface area contributed by atoms with E-state index in [1.54, 1.807) is 11.3 Å². The van der Waals surface area contributed by atoms with Crippen LogP contribution in [0.15, 0.2) is 17.5 Å². The minimum atomic E-state index is -0.156. The Morgan fingerprint density at radius 3 is 2.83 bits per heavy atom. The topological polar surface area (TPSA) is 41.1 Å². The summed E-state index contributed by atoms with van der Waals surface area (Å²) in [5, 5.41) is 8.57. The fourth-order valence-corrected chi connectivity index (χ4v) is 3.34. The van der Waals surface area contributed by atoms with E-state index in [1.807, 2.05) is 6.07 Å². The number of hydrogen-bond acceptors (Lipinski definition) is 3. The van der Waals surface area contributed by atoms with Gasteiger partial charge in [-0.15, -0.1) is 11.3 Å². The first kappa shape index (κ1) is 13.6. The predicted octanol–water partition coefficient (Wildman–Crippen LogP) is 2.71. The van der Waals surface area contributed by atoms with Crippen LogP contribution in [0.25, 0.3) is 0 Å². The maximum atomic E-state index is 12.5. The molecule has 2 N–H and O–H groups in total. The summed E-state index contributed by atoms with van der Waals surface area (Å²) in [5.41, 5.74) is -0.156. The second-order valence-corrected chi connectivity index (χ2v) is 6.07. The van der Waals surface area contributed by atoms with Gasteiger partial charge in [0.2, 0.25) is 5.91 Å². The Hall–Kier alpha value is -0.870. The van der Waals surface area contributed by atoms with E-state index in [0.717, 1.165) is 32.4 Å². The largest absolute Gasteiger partial charge is 0.348 e. The maximum Gasteiger partial charge on any atom is 0.226 e. The molecule has 2 heterocycles. The standard InChI is InChI=1S/C14H22N2OS/c1-3-14(6-8-15-9-7-14)13(17)16-11(2)12-5-4-10-18-12/h4-5,10-11,15H,3,6-9H2,1-2H3,(H,16,17). The third-order valence-electron chi connectivity index (χ3n) is 4.04. The van der Waals surface area contributed by atoms with Gasteiger partial charge in [0.1, 0.15) is 0 Å². The van der Waals surface area contributed by atoms with Gasteiger partial charge < -0.3 is 10.6 Å². The fraction of sp³-hybridized carbons (Fsp3) is 0.643. The van der Waals surface area contributed by atoms with Crippen LogP contribution in [0.5, 0.6) is 0 Å². The highest BCUT2D eigenvalue weighted by atomic mass is 32.1. The van der Waals surface area contributed by atoms with Gasteiger partial charge in [-0.25, -0.2) is 0 Å². The zero-order valence-corrected chi connectivity index (χ0v) is 12.0. The van der Waals surface area contributed by atoms with Crippen LogP contribution in [0.3, 0.4) is 0 Å². The van der Waals surface area contributed by atoms with Crippen molar-refractivity contribution in [1.82, 2.24) is 10.6 Å². The zero-order chi connectivity index (χ0) is 13.0. The molecule has 100 valence electrons. The van der Waals surface area contributed by atoms with Crippen LogP contribution in [0.2, 0.25) is 0 Å².